The summed E-state index contributed by atoms with van der Waals surface area (Å²) in [5.74, 6) is 0.383. The zero-order valence-corrected chi connectivity index (χ0v) is 10.8. The molecule has 0 aromatic heterocycles. The van der Waals surface area contributed by atoms with Crippen LogP contribution in [-0.4, -0.2) is 19.0 Å². The maximum atomic E-state index is 13.4. The lowest BCUT2D eigenvalue weighted by Gasteiger charge is -2.26. The number of aryl methyl sites for hydroxylation is 2. The molecule has 0 aliphatic carbocycles. The van der Waals surface area contributed by atoms with E-state index in [4.69, 9.17) is 0 Å². The van der Waals surface area contributed by atoms with Crippen LogP contribution in [0.15, 0.2) is 12.1 Å². The Morgan fingerprint density at radius 2 is 2.00 bits per heavy atom. The molecule has 2 rings (SSSR count). The van der Waals surface area contributed by atoms with Crippen molar-refractivity contribution in [3.05, 3.63) is 34.6 Å². The normalized spacial score (nSPS) is 15.3. The van der Waals surface area contributed by atoms with E-state index in [0.717, 1.165) is 18.7 Å². The molecule has 1 fully saturated rings. The molecule has 1 aromatic carbocycles. The quantitative estimate of drug-likeness (QED) is 0.853. The van der Waals surface area contributed by atoms with Crippen molar-refractivity contribution in [2.45, 2.75) is 26.8 Å². The van der Waals surface area contributed by atoms with E-state index in [1.165, 1.54) is 0 Å². The van der Waals surface area contributed by atoms with Crippen LogP contribution in [0.3, 0.4) is 0 Å². The van der Waals surface area contributed by atoms with E-state index in [0.29, 0.717) is 30.0 Å². The van der Waals surface area contributed by atoms with Gasteiger partial charge in [0.05, 0.1) is 0 Å². The summed E-state index contributed by atoms with van der Waals surface area (Å²) < 4.78 is 13.4. The van der Waals surface area contributed by atoms with Gasteiger partial charge < -0.3 is 10.6 Å². The molecule has 1 aliphatic rings. The fourth-order valence-electron chi connectivity index (χ4n) is 2.17. The Morgan fingerprint density at radius 1 is 1.39 bits per heavy atom. The first-order chi connectivity index (χ1) is 8.56. The lowest BCUT2D eigenvalue weighted by molar-refractivity contribution is -0.122. The molecule has 0 saturated carbocycles. The van der Waals surface area contributed by atoms with Gasteiger partial charge in [-0.3, -0.25) is 4.79 Å². The molecule has 0 unspecified atom stereocenters. The average Bonchev–Trinajstić information content (AvgIpc) is 2.28. The number of amides is 1. The summed E-state index contributed by atoms with van der Waals surface area (Å²) in [7, 11) is 0. The van der Waals surface area contributed by atoms with Crippen LogP contribution in [0.1, 0.15) is 23.1 Å². The van der Waals surface area contributed by atoms with Gasteiger partial charge in [0.1, 0.15) is 5.82 Å². The van der Waals surface area contributed by atoms with Crippen LogP contribution < -0.4 is 10.6 Å². The van der Waals surface area contributed by atoms with E-state index >= 15 is 0 Å². The SMILES string of the molecule is Cc1cc(CNC(=O)CC2CNC2)cc(C)c1F. The Morgan fingerprint density at radius 3 is 2.50 bits per heavy atom. The van der Waals surface area contributed by atoms with Gasteiger partial charge in [0.2, 0.25) is 5.91 Å². The van der Waals surface area contributed by atoms with Crippen molar-refractivity contribution >= 4 is 5.91 Å². The Labute approximate surface area is 107 Å². The largest absolute Gasteiger partial charge is 0.352 e. The summed E-state index contributed by atoms with van der Waals surface area (Å²) in [5.41, 5.74) is 2.20. The molecular weight excluding hydrogens is 231 g/mol. The van der Waals surface area contributed by atoms with E-state index in [1.807, 2.05) is 0 Å². The molecule has 0 atom stereocenters. The smallest absolute Gasteiger partial charge is 0.220 e. The van der Waals surface area contributed by atoms with Crippen molar-refractivity contribution in [1.29, 1.82) is 0 Å². The van der Waals surface area contributed by atoms with Gasteiger partial charge in [0.25, 0.3) is 0 Å². The summed E-state index contributed by atoms with van der Waals surface area (Å²) >= 11 is 0. The number of halogens is 1. The second-order valence-electron chi connectivity index (χ2n) is 5.05. The van der Waals surface area contributed by atoms with E-state index in [9.17, 15) is 9.18 Å². The molecule has 1 aromatic rings. The number of nitrogens with one attached hydrogen (secondary N) is 2. The van der Waals surface area contributed by atoms with Gasteiger partial charge in [-0.05, 0) is 49.5 Å². The predicted octanol–water partition coefficient (Wildman–Crippen LogP) is 1.67. The monoisotopic (exact) mass is 250 g/mol. The molecule has 1 amide bonds. The van der Waals surface area contributed by atoms with Crippen LogP contribution in [0.5, 0.6) is 0 Å². The van der Waals surface area contributed by atoms with Crippen LogP contribution in [-0.2, 0) is 11.3 Å². The first-order valence-electron chi connectivity index (χ1n) is 6.29. The fourth-order valence-corrected chi connectivity index (χ4v) is 2.17. The summed E-state index contributed by atoms with van der Waals surface area (Å²) in [4.78, 5) is 11.6. The van der Waals surface area contributed by atoms with Crippen molar-refractivity contribution in [3.63, 3.8) is 0 Å². The van der Waals surface area contributed by atoms with Crippen molar-refractivity contribution in [2.24, 2.45) is 5.92 Å². The Hall–Kier alpha value is -1.42. The lowest BCUT2D eigenvalue weighted by Crippen LogP contribution is -2.44. The van der Waals surface area contributed by atoms with Crippen molar-refractivity contribution in [2.75, 3.05) is 13.1 Å². The molecule has 1 aliphatic heterocycles. The Bertz CT molecular complexity index is 432. The second kappa shape index (κ2) is 5.48. The maximum Gasteiger partial charge on any atom is 0.220 e. The van der Waals surface area contributed by atoms with Gasteiger partial charge in [-0.15, -0.1) is 0 Å². The lowest BCUT2D eigenvalue weighted by atomic mass is 9.99. The number of benzene rings is 1. The number of rotatable bonds is 4. The van der Waals surface area contributed by atoms with Gasteiger partial charge in [-0.1, -0.05) is 12.1 Å². The number of carbonyl (C=O) groups excluding carboxylic acids is 1. The molecule has 1 heterocycles. The molecule has 0 spiro atoms. The first-order valence-corrected chi connectivity index (χ1v) is 6.29. The topological polar surface area (TPSA) is 41.1 Å². The third-order valence-corrected chi connectivity index (χ3v) is 3.33. The summed E-state index contributed by atoms with van der Waals surface area (Å²) in [6.45, 7) is 5.83. The van der Waals surface area contributed by atoms with Crippen molar-refractivity contribution in [1.82, 2.24) is 10.6 Å². The fraction of sp³-hybridized carbons (Fsp3) is 0.500. The molecule has 0 radical (unpaired) electrons. The molecule has 0 bridgehead atoms. The third kappa shape index (κ3) is 3.07. The van der Waals surface area contributed by atoms with Crippen LogP contribution >= 0.6 is 0 Å². The highest BCUT2D eigenvalue weighted by Gasteiger charge is 2.19. The third-order valence-electron chi connectivity index (χ3n) is 3.33. The Balaban J connectivity index is 1.87. The van der Waals surface area contributed by atoms with E-state index in [-0.39, 0.29) is 11.7 Å². The summed E-state index contributed by atoms with van der Waals surface area (Å²) in [6, 6.07) is 3.57. The maximum absolute atomic E-state index is 13.4. The second-order valence-corrected chi connectivity index (χ2v) is 5.05. The molecule has 98 valence electrons. The van der Waals surface area contributed by atoms with E-state index < -0.39 is 0 Å². The van der Waals surface area contributed by atoms with Gasteiger partial charge in [0, 0.05) is 13.0 Å². The standard InChI is InChI=1S/C14H19FN2O/c1-9-3-11(4-10(2)14(9)15)8-17-13(18)5-12-6-16-7-12/h3-4,12,16H,5-8H2,1-2H3,(H,17,18). The zero-order chi connectivity index (χ0) is 13.1. The molecule has 4 heteroatoms. The molecule has 1 saturated heterocycles. The van der Waals surface area contributed by atoms with Crippen molar-refractivity contribution in [3.8, 4) is 0 Å². The number of hydrogen-bond acceptors (Lipinski definition) is 2. The molecule has 3 nitrogen and oxygen atoms in total. The molecular formula is C14H19FN2O. The van der Waals surface area contributed by atoms with Crippen LogP contribution in [0, 0.1) is 25.6 Å². The van der Waals surface area contributed by atoms with Gasteiger partial charge in [-0.25, -0.2) is 4.39 Å². The highest BCUT2D eigenvalue weighted by molar-refractivity contribution is 5.76. The highest BCUT2D eigenvalue weighted by Crippen LogP contribution is 2.15. The van der Waals surface area contributed by atoms with Crippen molar-refractivity contribution < 1.29 is 9.18 Å². The van der Waals surface area contributed by atoms with Gasteiger partial charge in [-0.2, -0.15) is 0 Å². The minimum absolute atomic E-state index is 0.0705. The van der Waals surface area contributed by atoms with E-state index in [2.05, 4.69) is 10.6 Å². The van der Waals surface area contributed by atoms with Crippen LogP contribution in [0.4, 0.5) is 4.39 Å². The molecule has 18 heavy (non-hydrogen) atoms. The van der Waals surface area contributed by atoms with Crippen LogP contribution in [0.25, 0.3) is 0 Å². The number of carbonyl (C=O) groups is 1. The van der Waals surface area contributed by atoms with Crippen LogP contribution in [0.2, 0.25) is 0 Å². The minimum atomic E-state index is -0.161. The average molecular weight is 250 g/mol. The van der Waals surface area contributed by atoms with Gasteiger partial charge in [0.15, 0.2) is 0 Å². The molecule has 2 N–H and O–H groups in total. The summed E-state index contributed by atoms with van der Waals surface area (Å²) in [6.07, 6.45) is 0.576. The number of hydrogen-bond donors (Lipinski definition) is 2. The summed E-state index contributed by atoms with van der Waals surface area (Å²) in [5, 5.41) is 6.02. The predicted molar refractivity (Wildman–Crippen MR) is 68.7 cm³/mol. The highest BCUT2D eigenvalue weighted by atomic mass is 19.1. The van der Waals surface area contributed by atoms with Gasteiger partial charge >= 0.3 is 0 Å². The minimum Gasteiger partial charge on any atom is -0.352 e. The van der Waals surface area contributed by atoms with E-state index in [1.54, 1.807) is 26.0 Å². The zero-order valence-electron chi connectivity index (χ0n) is 10.8. The first kappa shape index (κ1) is 13.0. The Kier molecular flexibility index (Phi) is 3.97.